The van der Waals surface area contributed by atoms with E-state index in [9.17, 15) is 19.1 Å². The number of halogens is 2. The highest BCUT2D eigenvalue weighted by atomic mass is 35.5. The summed E-state index contributed by atoms with van der Waals surface area (Å²) in [7, 11) is 0. The first-order valence-corrected chi connectivity index (χ1v) is 7.23. The highest BCUT2D eigenvalue weighted by Crippen LogP contribution is 2.33. The number of nitrogens with one attached hydrogen (secondary N) is 1. The lowest BCUT2D eigenvalue weighted by Crippen LogP contribution is -2.56. The van der Waals surface area contributed by atoms with Crippen LogP contribution in [0.15, 0.2) is 18.2 Å². The van der Waals surface area contributed by atoms with Crippen LogP contribution in [0.2, 0.25) is 5.02 Å². The van der Waals surface area contributed by atoms with Crippen molar-refractivity contribution in [2.75, 3.05) is 0 Å². The van der Waals surface area contributed by atoms with E-state index in [-0.39, 0.29) is 16.5 Å². The number of benzene rings is 1. The van der Waals surface area contributed by atoms with Gasteiger partial charge in [-0.1, -0.05) is 37.4 Å². The Labute approximate surface area is 127 Å². The van der Waals surface area contributed by atoms with Crippen molar-refractivity contribution in [1.82, 2.24) is 5.32 Å². The van der Waals surface area contributed by atoms with Crippen LogP contribution in [0, 0.1) is 11.7 Å². The third-order valence-electron chi connectivity index (χ3n) is 3.96. The number of aliphatic carboxylic acids is 1. The summed E-state index contributed by atoms with van der Waals surface area (Å²) in [6.07, 6.45) is 2.33. The second-order valence-corrected chi connectivity index (χ2v) is 6.05. The largest absolute Gasteiger partial charge is 0.480 e. The van der Waals surface area contributed by atoms with E-state index in [0.717, 1.165) is 6.42 Å². The molecule has 1 aromatic carbocycles. The Balaban J connectivity index is 2.27. The second kappa shape index (κ2) is 6.02. The summed E-state index contributed by atoms with van der Waals surface area (Å²) in [5.41, 5.74) is -1.56. The van der Waals surface area contributed by atoms with Crippen molar-refractivity contribution < 1.29 is 19.1 Å². The van der Waals surface area contributed by atoms with E-state index in [1.807, 2.05) is 6.92 Å². The molecule has 1 fully saturated rings. The topological polar surface area (TPSA) is 66.4 Å². The van der Waals surface area contributed by atoms with Crippen molar-refractivity contribution in [2.24, 2.45) is 5.92 Å². The summed E-state index contributed by atoms with van der Waals surface area (Å²) in [6.45, 7) is 1.95. The molecule has 0 spiro atoms. The summed E-state index contributed by atoms with van der Waals surface area (Å²) in [4.78, 5) is 23.8. The molecule has 1 aromatic rings. The molecule has 4 nitrogen and oxygen atoms in total. The first-order valence-electron chi connectivity index (χ1n) is 6.85. The molecule has 2 atom stereocenters. The predicted octanol–water partition coefficient (Wildman–Crippen LogP) is 3.24. The maximum Gasteiger partial charge on any atom is 0.329 e. The zero-order valence-electron chi connectivity index (χ0n) is 11.7. The number of carboxylic acid groups (broad SMARTS) is 1. The van der Waals surface area contributed by atoms with Crippen LogP contribution < -0.4 is 5.32 Å². The number of rotatable bonds is 3. The summed E-state index contributed by atoms with van der Waals surface area (Å²) in [5.74, 6) is -2.46. The summed E-state index contributed by atoms with van der Waals surface area (Å²) in [5, 5.41) is 11.8. The number of carbonyl (C=O) groups is 2. The maximum atomic E-state index is 13.9. The van der Waals surface area contributed by atoms with Gasteiger partial charge in [0.2, 0.25) is 0 Å². The van der Waals surface area contributed by atoms with Crippen LogP contribution in [-0.2, 0) is 4.79 Å². The Hall–Kier alpha value is -1.62. The molecule has 114 valence electrons. The molecular weight excluding hydrogens is 297 g/mol. The smallest absolute Gasteiger partial charge is 0.329 e. The molecule has 2 N–H and O–H groups in total. The lowest BCUT2D eigenvalue weighted by molar-refractivity contribution is -0.146. The molecule has 0 aliphatic heterocycles. The van der Waals surface area contributed by atoms with Gasteiger partial charge in [-0.15, -0.1) is 0 Å². The van der Waals surface area contributed by atoms with Gasteiger partial charge in [0.25, 0.3) is 5.91 Å². The van der Waals surface area contributed by atoms with Gasteiger partial charge >= 0.3 is 5.97 Å². The minimum Gasteiger partial charge on any atom is -0.480 e. The van der Waals surface area contributed by atoms with Crippen molar-refractivity contribution in [1.29, 1.82) is 0 Å². The molecule has 0 radical (unpaired) electrons. The van der Waals surface area contributed by atoms with Gasteiger partial charge in [0.15, 0.2) is 5.82 Å². The molecule has 0 bridgehead atoms. The number of carboxylic acids is 1. The average Bonchev–Trinajstić information content (AvgIpc) is 2.41. The standard InChI is InChI=1S/C15H17ClFNO3/c1-9-4-3-7-15(8-9,14(20)21)18-13(19)10-5-2-6-11(16)12(10)17/h2,5-6,9H,3-4,7-8H2,1H3,(H,18,19)(H,20,21). The van der Waals surface area contributed by atoms with Gasteiger partial charge in [-0.3, -0.25) is 4.79 Å². The Morgan fingerprint density at radius 1 is 1.48 bits per heavy atom. The van der Waals surface area contributed by atoms with Crippen LogP contribution in [0.4, 0.5) is 4.39 Å². The third-order valence-corrected chi connectivity index (χ3v) is 4.25. The molecular formula is C15H17ClFNO3. The molecule has 1 aliphatic rings. The van der Waals surface area contributed by atoms with Crippen molar-refractivity contribution in [3.05, 3.63) is 34.6 Å². The first-order chi connectivity index (χ1) is 9.85. The zero-order valence-corrected chi connectivity index (χ0v) is 12.4. The fourth-order valence-corrected chi connectivity index (χ4v) is 3.05. The van der Waals surface area contributed by atoms with Crippen LogP contribution in [-0.4, -0.2) is 22.5 Å². The normalized spacial score (nSPS) is 25.4. The van der Waals surface area contributed by atoms with Crippen molar-refractivity contribution in [3.8, 4) is 0 Å². The lowest BCUT2D eigenvalue weighted by Gasteiger charge is -2.37. The molecule has 1 saturated carbocycles. The van der Waals surface area contributed by atoms with Crippen LogP contribution in [0.3, 0.4) is 0 Å². The quantitative estimate of drug-likeness (QED) is 0.900. The van der Waals surface area contributed by atoms with Gasteiger partial charge in [-0.2, -0.15) is 0 Å². The Morgan fingerprint density at radius 3 is 2.81 bits per heavy atom. The van der Waals surface area contributed by atoms with E-state index in [1.165, 1.54) is 18.2 Å². The minimum absolute atomic E-state index is 0.163. The first kappa shape index (κ1) is 15.8. The summed E-state index contributed by atoms with van der Waals surface area (Å²) >= 11 is 5.65. The Bertz CT molecular complexity index is 578. The van der Waals surface area contributed by atoms with E-state index in [2.05, 4.69) is 5.32 Å². The highest BCUT2D eigenvalue weighted by molar-refractivity contribution is 6.31. The molecule has 0 saturated heterocycles. The van der Waals surface area contributed by atoms with E-state index in [4.69, 9.17) is 11.6 Å². The second-order valence-electron chi connectivity index (χ2n) is 5.64. The van der Waals surface area contributed by atoms with E-state index >= 15 is 0 Å². The zero-order chi connectivity index (χ0) is 15.6. The van der Waals surface area contributed by atoms with Crippen molar-refractivity contribution in [3.63, 3.8) is 0 Å². The molecule has 6 heteroatoms. The van der Waals surface area contributed by atoms with Gasteiger partial charge in [-0.05, 0) is 30.9 Å². The van der Waals surface area contributed by atoms with Gasteiger partial charge in [0, 0.05) is 0 Å². The monoisotopic (exact) mass is 313 g/mol. The van der Waals surface area contributed by atoms with Crippen LogP contribution >= 0.6 is 11.6 Å². The molecule has 2 rings (SSSR count). The van der Waals surface area contributed by atoms with Crippen LogP contribution in [0.25, 0.3) is 0 Å². The van der Waals surface area contributed by atoms with Crippen molar-refractivity contribution in [2.45, 2.75) is 38.1 Å². The SMILES string of the molecule is CC1CCCC(NC(=O)c2cccc(Cl)c2F)(C(=O)O)C1. The number of hydrogen-bond donors (Lipinski definition) is 2. The van der Waals surface area contributed by atoms with E-state index < -0.39 is 23.2 Å². The predicted molar refractivity (Wildman–Crippen MR) is 76.9 cm³/mol. The van der Waals surface area contributed by atoms with Gasteiger partial charge in [-0.25, -0.2) is 9.18 Å². The summed E-state index contributed by atoms with van der Waals surface area (Å²) in [6, 6.07) is 4.08. The molecule has 0 heterocycles. The number of hydrogen-bond acceptors (Lipinski definition) is 2. The molecule has 1 aliphatic carbocycles. The Kier molecular flexibility index (Phi) is 4.52. The summed E-state index contributed by atoms with van der Waals surface area (Å²) < 4.78 is 13.9. The van der Waals surface area contributed by atoms with Crippen molar-refractivity contribution >= 4 is 23.5 Å². The number of carbonyl (C=O) groups excluding carboxylic acids is 1. The average molecular weight is 314 g/mol. The van der Waals surface area contributed by atoms with E-state index in [0.29, 0.717) is 19.3 Å². The van der Waals surface area contributed by atoms with Crippen LogP contribution in [0.1, 0.15) is 43.0 Å². The lowest BCUT2D eigenvalue weighted by atomic mass is 9.76. The van der Waals surface area contributed by atoms with Crippen LogP contribution in [0.5, 0.6) is 0 Å². The fraction of sp³-hybridized carbons (Fsp3) is 0.467. The Morgan fingerprint density at radius 2 is 2.19 bits per heavy atom. The van der Waals surface area contributed by atoms with Gasteiger partial charge in [0.1, 0.15) is 5.54 Å². The highest BCUT2D eigenvalue weighted by Gasteiger charge is 2.43. The van der Waals surface area contributed by atoms with Gasteiger partial charge in [0.05, 0.1) is 10.6 Å². The van der Waals surface area contributed by atoms with Gasteiger partial charge < -0.3 is 10.4 Å². The molecule has 2 unspecified atom stereocenters. The van der Waals surface area contributed by atoms with E-state index in [1.54, 1.807) is 0 Å². The fourth-order valence-electron chi connectivity index (χ4n) is 2.88. The molecule has 0 aromatic heterocycles. The molecule has 21 heavy (non-hydrogen) atoms. The minimum atomic E-state index is -1.33. The third kappa shape index (κ3) is 3.18. The number of amides is 1. The maximum absolute atomic E-state index is 13.9. The molecule has 1 amide bonds.